The van der Waals surface area contributed by atoms with Gasteiger partial charge in [0.15, 0.2) is 9.84 Å². The largest absolute Gasteiger partial charge is 0.495 e. The highest BCUT2D eigenvalue weighted by molar-refractivity contribution is 7.90. The molecule has 0 saturated heterocycles. The number of aryl methyl sites for hydroxylation is 2. The van der Waals surface area contributed by atoms with Crippen molar-refractivity contribution < 1.29 is 17.9 Å². The van der Waals surface area contributed by atoms with Crippen molar-refractivity contribution in [3.63, 3.8) is 0 Å². The minimum atomic E-state index is -3.53. The van der Waals surface area contributed by atoms with Crippen LogP contribution in [0.4, 0.5) is 5.69 Å². The number of carbonyl (C=O) groups excluding carboxylic acids is 1. The van der Waals surface area contributed by atoms with Gasteiger partial charge in [-0.3, -0.25) is 4.79 Å². The monoisotopic (exact) mass is 367 g/mol. The fourth-order valence-corrected chi connectivity index (χ4v) is 3.59. The van der Waals surface area contributed by atoms with Crippen LogP contribution in [0.1, 0.15) is 21.5 Å². The summed E-state index contributed by atoms with van der Waals surface area (Å²) in [6.45, 7) is 3.75. The van der Waals surface area contributed by atoms with Gasteiger partial charge in [-0.1, -0.05) is 17.7 Å². The lowest BCUT2D eigenvalue weighted by molar-refractivity contribution is 0.102. The van der Waals surface area contributed by atoms with Gasteiger partial charge >= 0.3 is 0 Å². The Morgan fingerprint density at radius 3 is 2.38 bits per heavy atom. The van der Waals surface area contributed by atoms with E-state index in [1.54, 1.807) is 6.07 Å². The van der Waals surface area contributed by atoms with Gasteiger partial charge in [0, 0.05) is 11.8 Å². The fourth-order valence-electron chi connectivity index (χ4n) is 2.37. The molecule has 0 atom stereocenters. The summed E-state index contributed by atoms with van der Waals surface area (Å²) in [7, 11) is -2.15. The average molecular weight is 368 g/mol. The minimum Gasteiger partial charge on any atom is -0.495 e. The lowest BCUT2D eigenvalue weighted by Crippen LogP contribution is -2.14. The summed E-state index contributed by atoms with van der Waals surface area (Å²) >= 11 is 6.19. The number of benzene rings is 2. The Morgan fingerprint density at radius 2 is 1.83 bits per heavy atom. The fraction of sp³-hybridized carbons (Fsp3) is 0.235. The van der Waals surface area contributed by atoms with Crippen molar-refractivity contribution in [3.05, 3.63) is 52.0 Å². The first-order chi connectivity index (χ1) is 11.1. The molecule has 0 heterocycles. The summed E-state index contributed by atoms with van der Waals surface area (Å²) in [5.41, 5.74) is 2.51. The van der Waals surface area contributed by atoms with E-state index in [2.05, 4.69) is 5.32 Å². The zero-order valence-electron chi connectivity index (χ0n) is 13.8. The van der Waals surface area contributed by atoms with Gasteiger partial charge in [0.2, 0.25) is 0 Å². The number of carbonyl (C=O) groups is 1. The van der Waals surface area contributed by atoms with E-state index in [0.717, 1.165) is 17.4 Å². The van der Waals surface area contributed by atoms with Crippen LogP contribution in [0.3, 0.4) is 0 Å². The third kappa shape index (κ3) is 3.88. The van der Waals surface area contributed by atoms with Crippen molar-refractivity contribution in [2.45, 2.75) is 18.7 Å². The first kappa shape index (κ1) is 18.3. The third-order valence-corrected chi connectivity index (χ3v) is 4.91. The van der Waals surface area contributed by atoms with Crippen LogP contribution in [-0.2, 0) is 9.84 Å². The number of halogens is 1. The summed E-state index contributed by atoms with van der Waals surface area (Å²) in [5.74, 6) is -0.255. The van der Waals surface area contributed by atoms with Gasteiger partial charge in [0.1, 0.15) is 10.6 Å². The number of hydrogen-bond acceptors (Lipinski definition) is 4. The Kier molecular flexibility index (Phi) is 5.20. The molecule has 0 spiro atoms. The molecule has 24 heavy (non-hydrogen) atoms. The summed E-state index contributed by atoms with van der Waals surface area (Å²) < 4.78 is 28.8. The topological polar surface area (TPSA) is 72.5 Å². The van der Waals surface area contributed by atoms with Gasteiger partial charge in [-0.05, 0) is 49.2 Å². The maximum absolute atomic E-state index is 12.5. The van der Waals surface area contributed by atoms with Gasteiger partial charge in [0.25, 0.3) is 5.91 Å². The number of nitrogens with one attached hydrogen (secondary N) is 1. The van der Waals surface area contributed by atoms with Crippen molar-refractivity contribution in [3.8, 4) is 5.75 Å². The molecular weight excluding hydrogens is 350 g/mol. The zero-order valence-corrected chi connectivity index (χ0v) is 15.4. The van der Waals surface area contributed by atoms with Gasteiger partial charge in [-0.2, -0.15) is 0 Å². The smallest absolute Gasteiger partial charge is 0.255 e. The normalized spacial score (nSPS) is 11.2. The van der Waals surface area contributed by atoms with Gasteiger partial charge in [-0.25, -0.2) is 8.42 Å². The van der Waals surface area contributed by atoms with Crippen LogP contribution in [0, 0.1) is 13.8 Å². The first-order valence-electron chi connectivity index (χ1n) is 7.09. The molecule has 1 amide bonds. The molecule has 0 fully saturated rings. The van der Waals surface area contributed by atoms with E-state index >= 15 is 0 Å². The van der Waals surface area contributed by atoms with Crippen molar-refractivity contribution in [1.82, 2.24) is 0 Å². The quantitative estimate of drug-likeness (QED) is 0.895. The Balaban J connectivity index is 2.41. The van der Waals surface area contributed by atoms with E-state index in [1.165, 1.54) is 25.3 Å². The van der Waals surface area contributed by atoms with Crippen molar-refractivity contribution in [2.75, 3.05) is 18.7 Å². The Bertz CT molecular complexity index is 884. The van der Waals surface area contributed by atoms with Gasteiger partial charge in [-0.15, -0.1) is 0 Å². The number of hydrogen-bond donors (Lipinski definition) is 1. The second-order valence-corrected chi connectivity index (χ2v) is 7.92. The molecule has 0 saturated carbocycles. The Morgan fingerprint density at radius 1 is 1.17 bits per heavy atom. The van der Waals surface area contributed by atoms with Gasteiger partial charge < -0.3 is 10.1 Å². The molecule has 0 aliphatic rings. The molecule has 7 heteroatoms. The van der Waals surface area contributed by atoms with Crippen molar-refractivity contribution >= 4 is 33.0 Å². The molecule has 0 bridgehead atoms. The Hall–Kier alpha value is -2.05. The number of ether oxygens (including phenoxy) is 1. The molecule has 0 aromatic heterocycles. The molecule has 0 unspecified atom stereocenters. The van der Waals surface area contributed by atoms with E-state index < -0.39 is 15.7 Å². The molecule has 1 N–H and O–H groups in total. The number of sulfone groups is 1. The van der Waals surface area contributed by atoms with Crippen molar-refractivity contribution in [2.24, 2.45) is 0 Å². The van der Waals surface area contributed by atoms with Crippen LogP contribution in [0.25, 0.3) is 0 Å². The van der Waals surface area contributed by atoms with Crippen LogP contribution in [0.5, 0.6) is 5.75 Å². The molecule has 2 aromatic rings. The highest BCUT2D eigenvalue weighted by atomic mass is 35.5. The molecule has 2 rings (SSSR count). The number of anilines is 1. The van der Waals surface area contributed by atoms with E-state index in [0.29, 0.717) is 10.7 Å². The highest BCUT2D eigenvalue weighted by Crippen LogP contribution is 2.29. The summed E-state index contributed by atoms with van der Waals surface area (Å²) in [6.07, 6.45) is 1.06. The van der Waals surface area contributed by atoms with Crippen molar-refractivity contribution in [1.29, 1.82) is 0 Å². The lowest BCUT2D eigenvalue weighted by Gasteiger charge is -2.13. The van der Waals surface area contributed by atoms with E-state index in [1.807, 2.05) is 19.9 Å². The van der Waals surface area contributed by atoms with Crippen LogP contribution in [-0.4, -0.2) is 27.7 Å². The second kappa shape index (κ2) is 6.83. The average Bonchev–Trinajstić information content (AvgIpc) is 2.49. The lowest BCUT2D eigenvalue weighted by atomic mass is 10.1. The molecule has 128 valence electrons. The second-order valence-electron chi connectivity index (χ2n) is 5.53. The van der Waals surface area contributed by atoms with Crippen LogP contribution in [0.2, 0.25) is 5.02 Å². The molecule has 0 aliphatic heterocycles. The van der Waals surface area contributed by atoms with Crippen LogP contribution < -0.4 is 10.1 Å². The van der Waals surface area contributed by atoms with E-state index in [-0.39, 0.29) is 16.2 Å². The molecule has 5 nitrogen and oxygen atoms in total. The molecule has 0 radical (unpaired) electrons. The molecule has 2 aromatic carbocycles. The minimum absolute atomic E-state index is 0.0376. The molecular formula is C17H18ClNO4S. The number of rotatable bonds is 4. The predicted molar refractivity (Wildman–Crippen MR) is 95.0 cm³/mol. The van der Waals surface area contributed by atoms with E-state index in [9.17, 15) is 13.2 Å². The van der Waals surface area contributed by atoms with Crippen LogP contribution >= 0.6 is 11.6 Å². The number of methoxy groups -OCH3 is 1. The summed E-state index contributed by atoms with van der Waals surface area (Å²) in [4.78, 5) is 12.4. The SMILES string of the molecule is COc1ccc(C(=O)Nc2c(C)cc(C)cc2Cl)cc1S(C)(=O)=O. The standard InChI is InChI=1S/C17H18ClNO4S/c1-10-7-11(2)16(13(18)8-10)19-17(20)12-5-6-14(23-3)15(9-12)24(4,21)22/h5-9H,1-4H3,(H,19,20). The predicted octanol–water partition coefficient (Wildman–Crippen LogP) is 3.62. The van der Waals surface area contributed by atoms with Gasteiger partial charge in [0.05, 0.1) is 17.8 Å². The van der Waals surface area contributed by atoms with Crippen LogP contribution in [0.15, 0.2) is 35.2 Å². The number of amides is 1. The highest BCUT2D eigenvalue weighted by Gasteiger charge is 2.18. The summed E-state index contributed by atoms with van der Waals surface area (Å²) in [6, 6.07) is 7.90. The Labute approximate surface area is 146 Å². The maximum Gasteiger partial charge on any atom is 0.255 e. The first-order valence-corrected chi connectivity index (χ1v) is 9.36. The van der Waals surface area contributed by atoms with E-state index in [4.69, 9.17) is 16.3 Å². The third-order valence-electron chi connectivity index (χ3n) is 3.50. The zero-order chi connectivity index (χ0) is 18.1. The maximum atomic E-state index is 12.5. The summed E-state index contributed by atoms with van der Waals surface area (Å²) in [5, 5.41) is 3.16. The molecule has 0 aliphatic carbocycles.